The van der Waals surface area contributed by atoms with Crippen LogP contribution in [-0.4, -0.2) is 92.2 Å². The Hall–Kier alpha value is -9.43. The van der Waals surface area contributed by atoms with Gasteiger partial charge in [-0.25, -0.2) is 4.98 Å². The SMILES string of the molecule is COc1cc2c(OC)cc1Cc1cc(OC)c(cc1OC)Cc1cc(OC)c(cc1OC)Cc1cc(OC)c(cc1OCCCCCCCCCCOc1ccc(-c3cc(-c4ccccn4)nc(-c4ccccn4)c3)cc1)Cc1cc(OC)c(cc1OC)C2. The van der Waals surface area contributed by atoms with Gasteiger partial charge in [0, 0.05) is 100 Å². The number of methoxy groups -OCH3 is 9. The standard InChI is InChI=1S/C75H81N3O11/c1-79-66-41-53-33-55-43-71(84-6)57(45-70(55)83-5)35-59-48-75(60(47-74(59)87-9)36-58-46-72(85-7)56(44-73(58)86-8)34-54-42-68(81-3)52(40-69(54)82-4)32-51(66)39-67(53)80-2)89-31-21-15-13-11-10-12-14-20-30-88-61-26-24-49(25-27-61)50-37-64(62-22-16-18-28-76-62)78-65(38-50)63-23-17-19-29-77-63/h16-19,22-29,37-48H,10-15,20-21,30-36H2,1-9H3. The van der Waals surface area contributed by atoms with Crippen LogP contribution in [0.3, 0.4) is 0 Å². The van der Waals surface area contributed by atoms with E-state index >= 15 is 0 Å². The Labute approximate surface area is 524 Å². The maximum atomic E-state index is 6.84. The summed E-state index contributed by atoms with van der Waals surface area (Å²) >= 11 is 0. The zero-order valence-corrected chi connectivity index (χ0v) is 52.8. The molecule has 0 saturated heterocycles. The molecule has 0 spiro atoms. The normalized spacial score (nSPS) is 11.9. The Kier molecular flexibility index (Phi) is 21.4. The van der Waals surface area contributed by atoms with Gasteiger partial charge in [0.15, 0.2) is 0 Å². The molecule has 6 aromatic carbocycles. The number of hydrogen-bond donors (Lipinski definition) is 0. The molecular formula is C75H81N3O11. The molecule has 0 fully saturated rings. The van der Waals surface area contributed by atoms with Gasteiger partial charge in [-0.2, -0.15) is 0 Å². The molecule has 0 radical (unpaired) electrons. The predicted molar refractivity (Wildman–Crippen MR) is 349 cm³/mol. The fraction of sp³-hybridized carbons (Fsp3) is 0.320. The van der Waals surface area contributed by atoms with E-state index in [1.54, 1.807) is 76.4 Å². The molecule has 10 bridgehead atoms. The van der Waals surface area contributed by atoms with Crippen molar-refractivity contribution in [2.24, 2.45) is 0 Å². The molecule has 14 nitrogen and oxygen atoms in total. The average Bonchev–Trinajstić information content (AvgIpc) is 2.49. The number of hydrogen-bond acceptors (Lipinski definition) is 14. The number of aromatic nitrogens is 3. The summed E-state index contributed by atoms with van der Waals surface area (Å²) in [4.78, 5) is 14.1. The summed E-state index contributed by atoms with van der Waals surface area (Å²) in [6, 6.07) is 44.8. The number of pyridine rings is 3. The molecule has 19 rings (SSSR count). The van der Waals surface area contributed by atoms with E-state index in [4.69, 9.17) is 57.1 Å². The molecule has 0 atom stereocenters. The lowest BCUT2D eigenvalue weighted by molar-refractivity contribution is 0.298. The van der Waals surface area contributed by atoms with E-state index in [0.29, 0.717) is 85.6 Å². The van der Waals surface area contributed by atoms with Crippen molar-refractivity contribution in [3.05, 3.63) is 201 Å². The van der Waals surface area contributed by atoms with Crippen LogP contribution in [0.1, 0.15) is 107 Å². The van der Waals surface area contributed by atoms with Crippen molar-refractivity contribution in [1.29, 1.82) is 0 Å². The smallest absolute Gasteiger partial charge is 0.123 e. The van der Waals surface area contributed by atoms with E-state index in [9.17, 15) is 0 Å². The topological polar surface area (TPSA) is 140 Å². The Morgan fingerprint density at radius 2 is 0.551 bits per heavy atom. The molecule has 0 N–H and O–H groups in total. The molecule has 89 heavy (non-hydrogen) atoms. The summed E-state index contributed by atoms with van der Waals surface area (Å²) in [5, 5.41) is 0. The number of benzene rings is 6. The minimum atomic E-state index is 0.486. The molecule has 0 unspecified atom stereocenters. The van der Waals surface area contributed by atoms with Crippen molar-refractivity contribution in [3.63, 3.8) is 0 Å². The fourth-order valence-electron chi connectivity index (χ4n) is 11.8. The summed E-state index contributed by atoms with van der Waals surface area (Å²) in [5.41, 5.74) is 14.7. The molecule has 14 heteroatoms. The first-order valence-corrected chi connectivity index (χ1v) is 30.5. The summed E-state index contributed by atoms with van der Waals surface area (Å²) in [7, 11) is 15.2. The van der Waals surface area contributed by atoms with E-state index in [0.717, 1.165) is 145 Å². The Morgan fingerprint density at radius 3 is 0.843 bits per heavy atom. The van der Waals surface area contributed by atoms with Crippen LogP contribution in [0.15, 0.2) is 146 Å². The van der Waals surface area contributed by atoms with Crippen molar-refractivity contribution >= 4 is 0 Å². The van der Waals surface area contributed by atoms with E-state index < -0.39 is 0 Å². The summed E-state index contributed by atoms with van der Waals surface area (Å²) in [6.45, 7) is 1.24. The maximum absolute atomic E-state index is 6.84. The highest BCUT2D eigenvalue weighted by molar-refractivity contribution is 5.75. The molecule has 3 aromatic heterocycles. The number of nitrogens with zero attached hydrogens (tertiary/aromatic N) is 3. The van der Waals surface area contributed by atoms with Crippen molar-refractivity contribution < 1.29 is 52.1 Å². The zero-order valence-electron chi connectivity index (χ0n) is 52.8. The van der Waals surface area contributed by atoms with Gasteiger partial charge < -0.3 is 52.1 Å². The van der Waals surface area contributed by atoms with Gasteiger partial charge in [-0.1, -0.05) is 62.8 Å². The van der Waals surface area contributed by atoms with Crippen molar-refractivity contribution in [3.8, 4) is 97.1 Å². The minimum Gasteiger partial charge on any atom is -0.496 e. The van der Waals surface area contributed by atoms with Crippen LogP contribution in [0.25, 0.3) is 33.9 Å². The monoisotopic (exact) mass is 1200 g/mol. The summed E-state index contributed by atoms with van der Waals surface area (Å²) in [6.07, 6.45) is 14.8. The lowest BCUT2D eigenvalue weighted by Gasteiger charge is -2.20. The molecule has 0 aliphatic heterocycles. The van der Waals surface area contributed by atoms with Crippen molar-refractivity contribution in [2.75, 3.05) is 77.2 Å². The van der Waals surface area contributed by atoms with Gasteiger partial charge in [0.1, 0.15) is 63.2 Å². The zero-order chi connectivity index (χ0) is 62.1. The van der Waals surface area contributed by atoms with Crippen LogP contribution in [0.2, 0.25) is 0 Å². The second-order valence-electron chi connectivity index (χ2n) is 22.2. The van der Waals surface area contributed by atoms with Crippen LogP contribution >= 0.6 is 0 Å². The Morgan fingerprint density at radius 1 is 0.270 bits per heavy atom. The van der Waals surface area contributed by atoms with Crippen molar-refractivity contribution in [1.82, 2.24) is 15.0 Å². The molecule has 10 aliphatic rings. The average molecular weight is 1200 g/mol. The predicted octanol–water partition coefficient (Wildman–Crippen LogP) is 15.8. The number of rotatable bonds is 25. The summed E-state index contributed by atoms with van der Waals surface area (Å²) < 4.78 is 68.2. The molecule has 9 aromatic rings. The first-order chi connectivity index (χ1) is 43.7. The second-order valence-corrected chi connectivity index (χ2v) is 22.2. The van der Waals surface area contributed by atoms with Crippen LogP contribution < -0.4 is 52.1 Å². The lowest BCUT2D eigenvalue weighted by Crippen LogP contribution is -2.06. The lowest BCUT2D eigenvalue weighted by atomic mass is 9.94. The van der Waals surface area contributed by atoms with Gasteiger partial charge in [-0.05, 0) is 133 Å². The minimum absolute atomic E-state index is 0.486. The third kappa shape index (κ3) is 15.3. The highest BCUT2D eigenvalue weighted by atomic mass is 16.5. The Bertz CT molecular complexity index is 3760. The molecule has 10 aliphatic carbocycles. The molecule has 3 heterocycles. The third-order valence-electron chi connectivity index (χ3n) is 16.5. The van der Waals surface area contributed by atoms with Crippen LogP contribution in [0.4, 0.5) is 0 Å². The molecular weight excluding hydrogens is 1120 g/mol. The van der Waals surface area contributed by atoms with Crippen LogP contribution in [0.5, 0.6) is 63.2 Å². The number of ether oxygens (including phenoxy) is 11. The van der Waals surface area contributed by atoms with Gasteiger partial charge in [0.2, 0.25) is 0 Å². The van der Waals surface area contributed by atoms with Gasteiger partial charge in [0.25, 0.3) is 0 Å². The summed E-state index contributed by atoms with van der Waals surface area (Å²) in [5.74, 6) is 8.08. The van der Waals surface area contributed by atoms with E-state index in [2.05, 4.69) is 70.6 Å². The maximum Gasteiger partial charge on any atom is 0.123 e. The highest BCUT2D eigenvalue weighted by Crippen LogP contribution is 2.43. The first kappa shape index (κ1) is 62.6. The van der Waals surface area contributed by atoms with Gasteiger partial charge >= 0.3 is 0 Å². The third-order valence-corrected chi connectivity index (χ3v) is 16.5. The van der Waals surface area contributed by atoms with Gasteiger partial charge in [-0.3, -0.25) is 9.97 Å². The molecule has 0 saturated carbocycles. The van der Waals surface area contributed by atoms with Gasteiger partial charge in [-0.15, -0.1) is 0 Å². The van der Waals surface area contributed by atoms with E-state index in [-0.39, 0.29) is 0 Å². The first-order valence-electron chi connectivity index (χ1n) is 30.5. The highest BCUT2D eigenvalue weighted by Gasteiger charge is 2.24. The number of unbranched alkanes of at least 4 members (excludes halogenated alkanes) is 7. The van der Waals surface area contributed by atoms with Crippen LogP contribution in [-0.2, 0) is 32.1 Å². The molecule has 0 amide bonds. The van der Waals surface area contributed by atoms with Gasteiger partial charge in [0.05, 0.1) is 100.0 Å². The quantitative estimate of drug-likeness (QED) is 0.0501. The molecule has 462 valence electrons. The van der Waals surface area contributed by atoms with Crippen molar-refractivity contribution in [2.45, 2.75) is 83.5 Å². The van der Waals surface area contributed by atoms with E-state index in [1.165, 1.54) is 19.3 Å². The fourth-order valence-corrected chi connectivity index (χ4v) is 11.8. The Balaban J connectivity index is 0.814. The van der Waals surface area contributed by atoms with Crippen LogP contribution in [0, 0.1) is 0 Å². The van der Waals surface area contributed by atoms with E-state index in [1.807, 2.05) is 72.8 Å². The second kappa shape index (κ2) is 30.5. The largest absolute Gasteiger partial charge is 0.496 e.